The maximum absolute atomic E-state index is 14.6. The van der Waals surface area contributed by atoms with Crippen molar-refractivity contribution in [1.82, 2.24) is 10.2 Å². The van der Waals surface area contributed by atoms with Crippen molar-refractivity contribution in [3.05, 3.63) is 101 Å². The van der Waals surface area contributed by atoms with E-state index >= 15 is 0 Å². The Kier molecular flexibility index (Phi) is 9.84. The molecule has 2 amide bonds. The van der Waals surface area contributed by atoms with Gasteiger partial charge < -0.3 is 15.0 Å². The van der Waals surface area contributed by atoms with E-state index in [1.54, 1.807) is 18.2 Å². The minimum atomic E-state index is -0.817. The van der Waals surface area contributed by atoms with Crippen LogP contribution in [-0.2, 0) is 29.0 Å². The van der Waals surface area contributed by atoms with Gasteiger partial charge in [-0.3, -0.25) is 9.59 Å². The molecule has 0 saturated heterocycles. The second kappa shape index (κ2) is 13.3. The molecule has 6 heteroatoms. The molecular weight excluding hydrogens is 443 g/mol. The van der Waals surface area contributed by atoms with Gasteiger partial charge in [0, 0.05) is 25.1 Å². The Hall–Kier alpha value is -3.67. The molecule has 0 aromatic heterocycles. The van der Waals surface area contributed by atoms with Crippen LogP contribution in [0.15, 0.2) is 78.9 Å². The van der Waals surface area contributed by atoms with E-state index < -0.39 is 11.9 Å². The van der Waals surface area contributed by atoms with Gasteiger partial charge in [0.05, 0.1) is 0 Å². The van der Waals surface area contributed by atoms with Crippen LogP contribution in [-0.4, -0.2) is 35.9 Å². The largest absolute Gasteiger partial charge is 0.484 e. The summed E-state index contributed by atoms with van der Waals surface area (Å²) in [4.78, 5) is 28.1. The molecule has 0 radical (unpaired) electrons. The number of benzene rings is 3. The molecule has 3 aromatic rings. The second-order valence-electron chi connectivity index (χ2n) is 8.40. The number of ether oxygens (including phenoxy) is 1. The monoisotopic (exact) mass is 476 g/mol. The second-order valence-corrected chi connectivity index (χ2v) is 8.40. The van der Waals surface area contributed by atoms with E-state index in [1.165, 1.54) is 16.5 Å². The van der Waals surface area contributed by atoms with Gasteiger partial charge in [0.2, 0.25) is 5.91 Å². The Balaban J connectivity index is 1.88. The molecule has 1 atom stereocenters. The fraction of sp³-hybridized carbons (Fsp3) is 0.310. The quantitative estimate of drug-likeness (QED) is 0.403. The Morgan fingerprint density at radius 3 is 2.26 bits per heavy atom. The normalized spacial score (nSPS) is 11.5. The first kappa shape index (κ1) is 25.9. The smallest absolute Gasteiger partial charge is 0.261 e. The van der Waals surface area contributed by atoms with E-state index in [0.717, 1.165) is 18.4 Å². The highest BCUT2D eigenvalue weighted by Crippen LogP contribution is 2.18. The van der Waals surface area contributed by atoms with Gasteiger partial charge in [-0.05, 0) is 42.2 Å². The van der Waals surface area contributed by atoms with Gasteiger partial charge in [-0.25, -0.2) is 4.39 Å². The van der Waals surface area contributed by atoms with Crippen LogP contribution >= 0.6 is 0 Å². The zero-order chi connectivity index (χ0) is 25.0. The standard InChI is InChI=1S/C29H33FN2O3/c1-3-18-31-29(34)27(19-23-10-6-5-7-11-23)32(20-24-12-8-9-13-26(24)30)28(33)21-35-25-16-14-22(4-2)15-17-25/h5-17,27H,3-4,18-21H2,1-2H3,(H,31,34). The highest BCUT2D eigenvalue weighted by Gasteiger charge is 2.31. The van der Waals surface area contributed by atoms with Crippen LogP contribution in [0.5, 0.6) is 5.75 Å². The molecular formula is C29H33FN2O3. The Morgan fingerprint density at radius 2 is 1.60 bits per heavy atom. The van der Waals surface area contributed by atoms with Crippen LogP contribution in [0.25, 0.3) is 0 Å². The van der Waals surface area contributed by atoms with Gasteiger partial charge in [0.25, 0.3) is 5.91 Å². The molecule has 0 aliphatic carbocycles. The third kappa shape index (κ3) is 7.67. The third-order valence-electron chi connectivity index (χ3n) is 5.81. The van der Waals surface area contributed by atoms with Crippen LogP contribution in [0.1, 0.15) is 37.0 Å². The average Bonchev–Trinajstić information content (AvgIpc) is 2.89. The molecule has 0 bridgehead atoms. The minimum absolute atomic E-state index is 0.0410. The zero-order valence-electron chi connectivity index (χ0n) is 20.4. The summed E-state index contributed by atoms with van der Waals surface area (Å²) in [6, 6.07) is 22.5. The number of nitrogens with zero attached hydrogens (tertiary/aromatic N) is 1. The molecule has 35 heavy (non-hydrogen) atoms. The van der Waals surface area contributed by atoms with E-state index in [9.17, 15) is 14.0 Å². The number of amides is 2. The van der Waals surface area contributed by atoms with Crippen molar-refractivity contribution in [2.75, 3.05) is 13.2 Å². The van der Waals surface area contributed by atoms with Crippen molar-refractivity contribution in [3.8, 4) is 5.75 Å². The van der Waals surface area contributed by atoms with E-state index in [-0.39, 0.29) is 25.0 Å². The van der Waals surface area contributed by atoms with Crippen molar-refractivity contribution >= 4 is 11.8 Å². The molecule has 3 aromatic carbocycles. The molecule has 0 spiro atoms. The third-order valence-corrected chi connectivity index (χ3v) is 5.81. The summed E-state index contributed by atoms with van der Waals surface area (Å²) in [6.45, 7) is 4.22. The molecule has 0 aliphatic rings. The fourth-order valence-corrected chi connectivity index (χ4v) is 3.78. The summed E-state index contributed by atoms with van der Waals surface area (Å²) in [5.74, 6) is -0.515. The highest BCUT2D eigenvalue weighted by atomic mass is 19.1. The summed E-state index contributed by atoms with van der Waals surface area (Å²) < 4.78 is 20.3. The Labute approximate surface area is 206 Å². The number of aryl methyl sites for hydroxylation is 1. The fourth-order valence-electron chi connectivity index (χ4n) is 3.78. The number of nitrogens with one attached hydrogen (secondary N) is 1. The lowest BCUT2D eigenvalue weighted by Gasteiger charge is -2.31. The molecule has 5 nitrogen and oxygen atoms in total. The van der Waals surface area contributed by atoms with Crippen molar-refractivity contribution in [1.29, 1.82) is 0 Å². The van der Waals surface area contributed by atoms with Crippen molar-refractivity contribution in [3.63, 3.8) is 0 Å². The maximum atomic E-state index is 14.6. The number of carbonyl (C=O) groups is 2. The molecule has 0 aliphatic heterocycles. The van der Waals surface area contributed by atoms with Crippen LogP contribution in [0.3, 0.4) is 0 Å². The van der Waals surface area contributed by atoms with E-state index in [2.05, 4.69) is 12.2 Å². The summed E-state index contributed by atoms with van der Waals surface area (Å²) in [7, 11) is 0. The SMILES string of the molecule is CCCNC(=O)C(Cc1ccccc1)N(Cc1ccccc1F)C(=O)COc1ccc(CC)cc1. The van der Waals surface area contributed by atoms with E-state index in [1.807, 2.05) is 61.5 Å². The van der Waals surface area contributed by atoms with Gasteiger partial charge in [0.1, 0.15) is 17.6 Å². The first-order valence-corrected chi connectivity index (χ1v) is 12.1. The lowest BCUT2D eigenvalue weighted by atomic mass is 10.0. The summed E-state index contributed by atoms with van der Waals surface area (Å²) in [5, 5.41) is 2.91. The Bertz CT molecular complexity index is 1090. The zero-order valence-corrected chi connectivity index (χ0v) is 20.4. The number of hydrogen-bond donors (Lipinski definition) is 1. The van der Waals surface area contributed by atoms with Gasteiger partial charge in [-0.1, -0.05) is 74.5 Å². The highest BCUT2D eigenvalue weighted by molar-refractivity contribution is 5.88. The lowest BCUT2D eigenvalue weighted by Crippen LogP contribution is -2.51. The molecule has 0 heterocycles. The average molecular weight is 477 g/mol. The van der Waals surface area contributed by atoms with Gasteiger partial charge >= 0.3 is 0 Å². The lowest BCUT2D eigenvalue weighted by molar-refractivity contribution is -0.142. The Morgan fingerprint density at radius 1 is 0.914 bits per heavy atom. The maximum Gasteiger partial charge on any atom is 0.261 e. The molecule has 184 valence electrons. The van der Waals surface area contributed by atoms with Crippen molar-refractivity contribution < 1.29 is 18.7 Å². The van der Waals surface area contributed by atoms with Gasteiger partial charge in [0.15, 0.2) is 6.61 Å². The molecule has 1 unspecified atom stereocenters. The predicted molar refractivity (Wildman–Crippen MR) is 135 cm³/mol. The molecule has 0 saturated carbocycles. The topological polar surface area (TPSA) is 58.6 Å². The van der Waals surface area contributed by atoms with Crippen molar-refractivity contribution in [2.24, 2.45) is 0 Å². The number of halogens is 1. The minimum Gasteiger partial charge on any atom is -0.484 e. The summed E-state index contributed by atoms with van der Waals surface area (Å²) in [5.41, 5.74) is 2.42. The predicted octanol–water partition coefficient (Wildman–Crippen LogP) is 4.93. The number of rotatable bonds is 12. The summed E-state index contributed by atoms with van der Waals surface area (Å²) >= 11 is 0. The van der Waals surface area contributed by atoms with Gasteiger partial charge in [-0.15, -0.1) is 0 Å². The van der Waals surface area contributed by atoms with Crippen LogP contribution in [0.2, 0.25) is 0 Å². The van der Waals surface area contributed by atoms with Crippen molar-refractivity contribution in [2.45, 2.75) is 45.7 Å². The molecule has 0 fully saturated rings. The number of hydrogen-bond acceptors (Lipinski definition) is 3. The van der Waals surface area contributed by atoms with Gasteiger partial charge in [-0.2, -0.15) is 0 Å². The van der Waals surface area contributed by atoms with Crippen LogP contribution in [0.4, 0.5) is 4.39 Å². The molecule has 3 rings (SSSR count). The van der Waals surface area contributed by atoms with Crippen LogP contribution in [0, 0.1) is 5.82 Å². The first-order valence-electron chi connectivity index (χ1n) is 12.1. The van der Waals surface area contributed by atoms with E-state index in [4.69, 9.17) is 4.74 Å². The van der Waals surface area contributed by atoms with Crippen LogP contribution < -0.4 is 10.1 Å². The number of carbonyl (C=O) groups excluding carboxylic acids is 2. The summed E-state index contributed by atoms with van der Waals surface area (Å²) in [6.07, 6.45) is 1.98. The first-order chi connectivity index (χ1) is 17.0. The van der Waals surface area contributed by atoms with E-state index in [0.29, 0.717) is 24.3 Å². The molecule has 1 N–H and O–H groups in total.